The number of hydrogen-bond acceptors (Lipinski definition) is 2. The Balaban J connectivity index is 2.11. The van der Waals surface area contributed by atoms with Crippen molar-refractivity contribution in [2.24, 2.45) is 0 Å². The highest BCUT2D eigenvalue weighted by Gasteiger charge is 2.33. The van der Waals surface area contributed by atoms with E-state index >= 15 is 0 Å². The van der Waals surface area contributed by atoms with E-state index in [-0.39, 0.29) is 11.1 Å². The molecular weight excluding hydrogens is 243 g/mol. The molecular formula is C13H16ClFO2. The molecule has 2 atom stereocenters. The van der Waals surface area contributed by atoms with Gasteiger partial charge in [0.05, 0.1) is 16.7 Å². The fourth-order valence-electron chi connectivity index (χ4n) is 2.34. The first-order valence-corrected chi connectivity index (χ1v) is 6.14. The summed E-state index contributed by atoms with van der Waals surface area (Å²) in [5.74, 6) is -0.437. The van der Waals surface area contributed by atoms with Gasteiger partial charge in [-0.3, -0.25) is 0 Å². The normalized spacial score (nSPS) is 29.3. The topological polar surface area (TPSA) is 29.5 Å². The summed E-state index contributed by atoms with van der Waals surface area (Å²) < 4.78 is 18.7. The van der Waals surface area contributed by atoms with Gasteiger partial charge in [-0.15, -0.1) is 0 Å². The zero-order chi connectivity index (χ0) is 12.5. The van der Waals surface area contributed by atoms with Gasteiger partial charge in [-0.1, -0.05) is 17.7 Å². The van der Waals surface area contributed by atoms with Crippen LogP contribution >= 0.6 is 11.6 Å². The van der Waals surface area contributed by atoms with E-state index in [0.717, 1.165) is 5.56 Å². The second kappa shape index (κ2) is 4.92. The van der Waals surface area contributed by atoms with E-state index in [1.54, 1.807) is 6.07 Å². The second-order valence-corrected chi connectivity index (χ2v) is 5.19. The molecule has 1 aromatic rings. The summed E-state index contributed by atoms with van der Waals surface area (Å²) in [7, 11) is 0. The van der Waals surface area contributed by atoms with E-state index < -0.39 is 11.4 Å². The molecule has 1 aromatic carbocycles. The van der Waals surface area contributed by atoms with Crippen molar-refractivity contribution in [1.29, 1.82) is 0 Å². The molecule has 2 rings (SSSR count). The molecule has 0 aromatic heterocycles. The number of halogens is 2. The van der Waals surface area contributed by atoms with Gasteiger partial charge in [0.25, 0.3) is 0 Å². The maximum atomic E-state index is 13.3. The lowest BCUT2D eigenvalue weighted by molar-refractivity contribution is -0.0961. The SMILES string of the molecule is CC1CC(O)(Cc2ccc(Cl)c(F)c2)CCO1. The number of hydrogen-bond donors (Lipinski definition) is 1. The Morgan fingerprint density at radius 1 is 1.59 bits per heavy atom. The minimum Gasteiger partial charge on any atom is -0.389 e. The quantitative estimate of drug-likeness (QED) is 0.884. The third-order valence-electron chi connectivity index (χ3n) is 3.15. The molecule has 17 heavy (non-hydrogen) atoms. The van der Waals surface area contributed by atoms with Crippen molar-refractivity contribution in [2.45, 2.75) is 37.9 Å². The van der Waals surface area contributed by atoms with Gasteiger partial charge < -0.3 is 9.84 Å². The highest BCUT2D eigenvalue weighted by atomic mass is 35.5. The molecule has 0 bridgehead atoms. The van der Waals surface area contributed by atoms with Gasteiger partial charge >= 0.3 is 0 Å². The third kappa shape index (κ3) is 3.18. The van der Waals surface area contributed by atoms with Crippen molar-refractivity contribution >= 4 is 11.6 Å². The van der Waals surface area contributed by atoms with Gasteiger partial charge in [-0.05, 0) is 31.0 Å². The molecule has 0 radical (unpaired) electrons. The number of rotatable bonds is 2. The minimum absolute atomic E-state index is 0.0471. The Bertz CT molecular complexity index is 410. The van der Waals surface area contributed by atoms with Gasteiger partial charge in [0.1, 0.15) is 5.82 Å². The molecule has 0 amide bonds. The summed E-state index contributed by atoms with van der Waals surface area (Å²) in [6.45, 7) is 2.49. The van der Waals surface area contributed by atoms with E-state index in [1.165, 1.54) is 12.1 Å². The number of ether oxygens (including phenoxy) is 1. The van der Waals surface area contributed by atoms with E-state index in [2.05, 4.69) is 0 Å². The van der Waals surface area contributed by atoms with Crippen molar-refractivity contribution in [3.63, 3.8) is 0 Å². The van der Waals surface area contributed by atoms with Gasteiger partial charge in [-0.2, -0.15) is 0 Å². The molecule has 94 valence electrons. The standard InChI is InChI=1S/C13H16ClFO2/c1-9-7-13(16,4-5-17-9)8-10-2-3-11(14)12(15)6-10/h2-3,6,9,16H,4-5,7-8H2,1H3. The first-order valence-electron chi connectivity index (χ1n) is 5.76. The monoisotopic (exact) mass is 258 g/mol. The molecule has 0 spiro atoms. The highest BCUT2D eigenvalue weighted by Crippen LogP contribution is 2.29. The molecule has 1 heterocycles. The van der Waals surface area contributed by atoms with Crippen molar-refractivity contribution in [3.8, 4) is 0 Å². The smallest absolute Gasteiger partial charge is 0.142 e. The molecule has 1 aliphatic rings. The maximum Gasteiger partial charge on any atom is 0.142 e. The molecule has 1 aliphatic heterocycles. The minimum atomic E-state index is -0.794. The number of aliphatic hydroxyl groups is 1. The van der Waals surface area contributed by atoms with Crippen LogP contribution in [0.4, 0.5) is 4.39 Å². The summed E-state index contributed by atoms with van der Waals surface area (Å²) in [4.78, 5) is 0. The molecule has 0 saturated carbocycles. The summed E-state index contributed by atoms with van der Waals surface area (Å²) in [5, 5.41) is 10.5. The van der Waals surface area contributed by atoms with E-state index in [9.17, 15) is 9.50 Å². The Morgan fingerprint density at radius 2 is 2.35 bits per heavy atom. The molecule has 2 unspecified atom stereocenters. The average Bonchev–Trinajstić information content (AvgIpc) is 2.22. The van der Waals surface area contributed by atoms with Crippen LogP contribution in [0.5, 0.6) is 0 Å². The summed E-state index contributed by atoms with van der Waals surface area (Å²) in [6.07, 6.45) is 1.65. The van der Waals surface area contributed by atoms with Gasteiger partial charge in [0.15, 0.2) is 0 Å². The highest BCUT2D eigenvalue weighted by molar-refractivity contribution is 6.30. The van der Waals surface area contributed by atoms with Crippen LogP contribution in [-0.2, 0) is 11.2 Å². The summed E-state index contributed by atoms with van der Waals surface area (Å²) >= 11 is 5.62. The van der Waals surface area contributed by atoms with Crippen molar-refractivity contribution in [3.05, 3.63) is 34.6 Å². The van der Waals surface area contributed by atoms with Crippen molar-refractivity contribution in [2.75, 3.05) is 6.61 Å². The van der Waals surface area contributed by atoms with Crippen LogP contribution in [0.1, 0.15) is 25.3 Å². The zero-order valence-electron chi connectivity index (χ0n) is 9.75. The lowest BCUT2D eigenvalue weighted by atomic mass is 9.85. The third-order valence-corrected chi connectivity index (χ3v) is 3.46. The van der Waals surface area contributed by atoms with Crippen LogP contribution in [-0.4, -0.2) is 23.4 Å². The van der Waals surface area contributed by atoms with Gasteiger partial charge in [0, 0.05) is 19.4 Å². The van der Waals surface area contributed by atoms with Crippen LogP contribution in [0.25, 0.3) is 0 Å². The Hall–Kier alpha value is -0.640. The Labute approximate surface area is 105 Å². The molecule has 0 aliphatic carbocycles. The second-order valence-electron chi connectivity index (χ2n) is 4.79. The van der Waals surface area contributed by atoms with E-state index in [4.69, 9.17) is 16.3 Å². The van der Waals surface area contributed by atoms with Crippen LogP contribution in [0.3, 0.4) is 0 Å². The van der Waals surface area contributed by atoms with E-state index in [0.29, 0.717) is 25.9 Å². The first kappa shape index (κ1) is 12.8. The number of benzene rings is 1. The largest absolute Gasteiger partial charge is 0.389 e. The predicted molar refractivity (Wildman–Crippen MR) is 64.7 cm³/mol. The van der Waals surface area contributed by atoms with Crippen molar-refractivity contribution in [1.82, 2.24) is 0 Å². The predicted octanol–water partition coefficient (Wildman–Crippen LogP) is 2.95. The molecule has 1 saturated heterocycles. The van der Waals surface area contributed by atoms with Gasteiger partial charge in [0.2, 0.25) is 0 Å². The maximum absolute atomic E-state index is 13.3. The van der Waals surface area contributed by atoms with Gasteiger partial charge in [-0.25, -0.2) is 4.39 Å². The Kier molecular flexibility index (Phi) is 3.71. The Morgan fingerprint density at radius 3 is 3.00 bits per heavy atom. The zero-order valence-corrected chi connectivity index (χ0v) is 10.5. The summed E-state index contributed by atoms with van der Waals surface area (Å²) in [5.41, 5.74) is -0.0266. The fraction of sp³-hybridized carbons (Fsp3) is 0.538. The van der Waals surface area contributed by atoms with Crippen LogP contribution < -0.4 is 0 Å². The lowest BCUT2D eigenvalue weighted by Crippen LogP contribution is -2.41. The van der Waals surface area contributed by atoms with Crippen LogP contribution in [0, 0.1) is 5.82 Å². The molecule has 4 heteroatoms. The summed E-state index contributed by atoms with van der Waals surface area (Å²) in [6, 6.07) is 4.67. The molecule has 1 N–H and O–H groups in total. The lowest BCUT2D eigenvalue weighted by Gasteiger charge is -2.35. The molecule has 2 nitrogen and oxygen atoms in total. The molecule has 1 fully saturated rings. The fourth-order valence-corrected chi connectivity index (χ4v) is 2.45. The van der Waals surface area contributed by atoms with E-state index in [1.807, 2.05) is 6.92 Å². The first-order chi connectivity index (χ1) is 7.98. The van der Waals surface area contributed by atoms with Crippen molar-refractivity contribution < 1.29 is 14.2 Å². The average molecular weight is 259 g/mol. The van der Waals surface area contributed by atoms with Crippen LogP contribution in [0.2, 0.25) is 5.02 Å². The van der Waals surface area contributed by atoms with Crippen LogP contribution in [0.15, 0.2) is 18.2 Å².